The maximum absolute atomic E-state index is 13.4. The number of nitrogens with zero attached hydrogens (tertiary/aromatic N) is 1. The Morgan fingerprint density at radius 3 is 2.69 bits per heavy atom. The molecule has 1 aliphatic heterocycles. The van der Waals surface area contributed by atoms with Gasteiger partial charge in [0, 0.05) is 42.8 Å². The fourth-order valence-corrected chi connectivity index (χ4v) is 6.27. The van der Waals surface area contributed by atoms with E-state index in [0.717, 1.165) is 17.5 Å². The summed E-state index contributed by atoms with van der Waals surface area (Å²) in [6.07, 6.45) is 1.44. The summed E-state index contributed by atoms with van der Waals surface area (Å²) in [5.41, 5.74) is 8.21. The van der Waals surface area contributed by atoms with Gasteiger partial charge in [-0.05, 0) is 60.8 Å². The lowest BCUT2D eigenvalue weighted by Crippen LogP contribution is -2.55. The predicted molar refractivity (Wildman–Crippen MR) is 154 cm³/mol. The Bertz CT molecular complexity index is 1120. The van der Waals surface area contributed by atoms with E-state index < -0.39 is 17.8 Å². The van der Waals surface area contributed by atoms with Crippen molar-refractivity contribution in [3.63, 3.8) is 0 Å². The number of nitrogens with two attached hydrogens (primary N) is 1. The lowest BCUT2D eigenvalue weighted by atomic mass is 9.78. The molecule has 2 aromatic rings. The van der Waals surface area contributed by atoms with Gasteiger partial charge < -0.3 is 30.3 Å². The van der Waals surface area contributed by atoms with Crippen molar-refractivity contribution in [2.75, 3.05) is 33.4 Å². The molecular formula is C31H43ClN2O5. The Balaban J connectivity index is 1.70. The lowest BCUT2D eigenvalue weighted by molar-refractivity contribution is -0.167. The molecule has 0 radical (unpaired) electrons. The van der Waals surface area contributed by atoms with Crippen LogP contribution in [-0.2, 0) is 19.9 Å². The van der Waals surface area contributed by atoms with Gasteiger partial charge in [-0.25, -0.2) is 0 Å². The minimum Gasteiger partial charge on any atom is -0.391 e. The third kappa shape index (κ3) is 6.67. The predicted octanol–water partition coefficient (Wildman–Crippen LogP) is 4.46. The summed E-state index contributed by atoms with van der Waals surface area (Å²) in [5.74, 6) is -0.00989. The zero-order chi connectivity index (χ0) is 28.2. The number of morpholine rings is 1. The number of carbonyl (C=O) groups excluding carboxylic acids is 1. The van der Waals surface area contributed by atoms with Crippen LogP contribution in [0.2, 0.25) is 5.02 Å². The van der Waals surface area contributed by atoms with Crippen molar-refractivity contribution in [2.24, 2.45) is 11.7 Å². The highest BCUT2D eigenvalue weighted by atomic mass is 35.5. The highest BCUT2D eigenvalue weighted by Crippen LogP contribution is 2.43. The van der Waals surface area contributed by atoms with Crippen LogP contribution in [0, 0.1) is 5.92 Å². The summed E-state index contributed by atoms with van der Waals surface area (Å²) >= 11 is 6.85. The van der Waals surface area contributed by atoms with Crippen LogP contribution < -0.4 is 5.73 Å². The van der Waals surface area contributed by atoms with E-state index in [2.05, 4.69) is 26.0 Å². The molecule has 1 amide bonds. The van der Waals surface area contributed by atoms with Crippen molar-refractivity contribution in [3.05, 3.63) is 58.6 Å². The van der Waals surface area contributed by atoms with Crippen LogP contribution in [0.5, 0.6) is 0 Å². The topological polar surface area (TPSA) is 105 Å². The molecule has 8 heteroatoms. The molecule has 1 saturated heterocycles. The van der Waals surface area contributed by atoms with Crippen molar-refractivity contribution in [1.29, 1.82) is 0 Å². The second-order valence-corrected chi connectivity index (χ2v) is 11.8. The molecule has 1 heterocycles. The smallest absolute Gasteiger partial charge is 0.226 e. The van der Waals surface area contributed by atoms with Gasteiger partial charge in [0.15, 0.2) is 0 Å². The molecule has 1 saturated carbocycles. The van der Waals surface area contributed by atoms with E-state index in [0.29, 0.717) is 61.9 Å². The van der Waals surface area contributed by atoms with Crippen LogP contribution in [0.3, 0.4) is 0 Å². The number of amides is 1. The van der Waals surface area contributed by atoms with E-state index in [1.165, 1.54) is 5.56 Å². The number of halogens is 1. The van der Waals surface area contributed by atoms with Crippen LogP contribution in [0.1, 0.15) is 63.0 Å². The van der Waals surface area contributed by atoms with Gasteiger partial charge >= 0.3 is 0 Å². The molecule has 0 spiro atoms. The third-order valence-corrected chi connectivity index (χ3v) is 8.63. The largest absolute Gasteiger partial charge is 0.391 e. The Morgan fingerprint density at radius 2 is 2.00 bits per heavy atom. The van der Waals surface area contributed by atoms with Crippen LogP contribution in [0.25, 0.3) is 11.1 Å². The van der Waals surface area contributed by atoms with E-state index in [4.69, 9.17) is 26.8 Å². The van der Waals surface area contributed by atoms with Gasteiger partial charge in [-0.2, -0.15) is 0 Å². The molecule has 39 heavy (non-hydrogen) atoms. The maximum Gasteiger partial charge on any atom is 0.226 e. The number of unbranched alkanes of at least 4 members (excludes halogenated alkanes) is 1. The summed E-state index contributed by atoms with van der Waals surface area (Å²) in [7, 11) is 1.67. The average Bonchev–Trinajstić information content (AvgIpc) is 3.28. The lowest BCUT2D eigenvalue weighted by Gasteiger charge is -2.44. The first kappa shape index (κ1) is 30.0. The zero-order valence-corrected chi connectivity index (χ0v) is 24.1. The van der Waals surface area contributed by atoms with E-state index >= 15 is 0 Å². The number of aliphatic hydroxyl groups is 2. The van der Waals surface area contributed by atoms with Crippen molar-refractivity contribution in [1.82, 2.24) is 4.90 Å². The van der Waals surface area contributed by atoms with Crippen LogP contribution in [0.4, 0.5) is 0 Å². The van der Waals surface area contributed by atoms with Crippen molar-refractivity contribution >= 4 is 17.5 Å². The van der Waals surface area contributed by atoms with Gasteiger partial charge in [0.2, 0.25) is 5.91 Å². The normalized spacial score (nSPS) is 25.2. The van der Waals surface area contributed by atoms with Crippen LogP contribution in [0.15, 0.2) is 42.5 Å². The van der Waals surface area contributed by atoms with Gasteiger partial charge in [-0.3, -0.25) is 4.79 Å². The highest BCUT2D eigenvalue weighted by molar-refractivity contribution is 6.33. The number of methoxy groups -OCH3 is 1. The molecule has 2 aliphatic rings. The van der Waals surface area contributed by atoms with Crippen molar-refractivity contribution in [2.45, 2.75) is 75.7 Å². The van der Waals surface area contributed by atoms with E-state index in [1.807, 2.05) is 30.3 Å². The minimum atomic E-state index is -1.40. The maximum atomic E-state index is 13.4. The summed E-state index contributed by atoms with van der Waals surface area (Å²) in [5, 5.41) is 23.3. The second kappa shape index (κ2) is 13.1. The summed E-state index contributed by atoms with van der Waals surface area (Å²) in [6.45, 7) is 5.90. The fourth-order valence-electron chi connectivity index (χ4n) is 5.99. The first-order valence-electron chi connectivity index (χ1n) is 14.1. The second-order valence-electron chi connectivity index (χ2n) is 11.4. The quantitative estimate of drug-likeness (QED) is 0.372. The Labute approximate surface area is 237 Å². The Kier molecular flexibility index (Phi) is 10.1. The highest BCUT2D eigenvalue weighted by Gasteiger charge is 2.45. The first-order chi connectivity index (χ1) is 18.7. The SMILES string of the molecule is COCCCC[C@@](O)(c1cccc(Cl)c1-c1cccc(C(C)C)c1)C1CN(C(=O)[C@H]2C[C@@H](N)[C@@H](O)C2)CCO1. The fraction of sp³-hybridized carbons (Fsp3) is 0.581. The number of aliphatic hydroxyl groups excluding tert-OH is 1. The summed E-state index contributed by atoms with van der Waals surface area (Å²) < 4.78 is 11.5. The Morgan fingerprint density at radius 1 is 1.23 bits per heavy atom. The molecule has 2 aromatic carbocycles. The van der Waals surface area contributed by atoms with Gasteiger partial charge in [-0.15, -0.1) is 0 Å². The molecule has 4 rings (SSSR count). The Hall–Kier alpha value is -2.00. The first-order valence-corrected chi connectivity index (χ1v) is 14.5. The molecule has 7 nitrogen and oxygen atoms in total. The van der Waals surface area contributed by atoms with Crippen molar-refractivity contribution in [3.8, 4) is 11.1 Å². The van der Waals surface area contributed by atoms with Gasteiger partial charge in [0.05, 0.1) is 19.3 Å². The summed E-state index contributed by atoms with van der Waals surface area (Å²) in [4.78, 5) is 15.2. The number of hydrogen-bond donors (Lipinski definition) is 3. The van der Waals surface area contributed by atoms with Crippen LogP contribution in [-0.4, -0.2) is 72.7 Å². The number of rotatable bonds is 10. The minimum absolute atomic E-state index is 0.0343. The number of ether oxygens (including phenoxy) is 2. The van der Waals surface area contributed by atoms with E-state index in [-0.39, 0.29) is 24.4 Å². The number of carbonyl (C=O) groups is 1. The number of benzene rings is 2. The molecule has 4 N–H and O–H groups in total. The zero-order valence-electron chi connectivity index (χ0n) is 23.3. The molecule has 214 valence electrons. The van der Waals surface area contributed by atoms with Gasteiger partial charge in [0.1, 0.15) is 11.7 Å². The monoisotopic (exact) mass is 558 g/mol. The number of hydrogen-bond acceptors (Lipinski definition) is 6. The van der Waals surface area contributed by atoms with Gasteiger partial charge in [-0.1, -0.05) is 61.8 Å². The van der Waals surface area contributed by atoms with Gasteiger partial charge in [0.25, 0.3) is 0 Å². The standard InChI is InChI=1S/C31H43ClN2O5/c1-20(2)21-8-6-9-22(16-21)29-24(10-7-11-25(29)32)31(37,12-4-5-14-38-3)28-19-34(13-15-39-28)30(36)23-17-26(33)27(35)18-23/h6-11,16,20,23,26-28,35,37H,4-5,12-15,17-19,33H2,1-3H3/t23-,26+,27-,28?,31+/m0/s1. The average molecular weight is 559 g/mol. The summed E-state index contributed by atoms with van der Waals surface area (Å²) in [6, 6.07) is 13.5. The third-order valence-electron chi connectivity index (χ3n) is 8.32. The molecule has 1 aliphatic carbocycles. The van der Waals surface area contributed by atoms with E-state index in [1.54, 1.807) is 12.0 Å². The van der Waals surface area contributed by atoms with Crippen LogP contribution >= 0.6 is 11.6 Å². The molecule has 2 fully saturated rings. The molecule has 0 aromatic heterocycles. The van der Waals surface area contributed by atoms with E-state index in [9.17, 15) is 15.0 Å². The molecule has 1 unspecified atom stereocenters. The molecule has 0 bridgehead atoms. The molecular weight excluding hydrogens is 516 g/mol. The van der Waals surface area contributed by atoms with Crippen molar-refractivity contribution < 1.29 is 24.5 Å². The molecule has 5 atom stereocenters.